The van der Waals surface area contributed by atoms with Gasteiger partial charge in [-0.05, 0) is 43.9 Å². The van der Waals surface area contributed by atoms with Gasteiger partial charge in [-0.15, -0.1) is 0 Å². The second-order valence-corrected chi connectivity index (χ2v) is 8.41. The summed E-state index contributed by atoms with van der Waals surface area (Å²) < 4.78 is 5.52. The van der Waals surface area contributed by atoms with Gasteiger partial charge in [0.25, 0.3) is 5.91 Å². The molecule has 1 saturated heterocycles. The summed E-state index contributed by atoms with van der Waals surface area (Å²) in [4.78, 5) is 21.2. The lowest BCUT2D eigenvalue weighted by molar-refractivity contribution is 0.0132. The van der Waals surface area contributed by atoms with E-state index in [1.54, 1.807) is 7.05 Å². The molecule has 0 aliphatic carbocycles. The second-order valence-electron chi connectivity index (χ2n) is 8.41. The summed E-state index contributed by atoms with van der Waals surface area (Å²) in [6, 6.07) is 8.29. The van der Waals surface area contributed by atoms with Crippen LogP contribution in [0.1, 0.15) is 50.0 Å². The molecule has 2 rings (SSSR count). The summed E-state index contributed by atoms with van der Waals surface area (Å²) >= 11 is 0. The summed E-state index contributed by atoms with van der Waals surface area (Å²) in [6.45, 7) is 15.1. The molecule has 0 aromatic heterocycles. The molecule has 1 aromatic rings. The highest BCUT2D eigenvalue weighted by atomic mass is 16.5. The number of amides is 1. The molecular weight excluding hydrogens is 390 g/mol. The van der Waals surface area contributed by atoms with Crippen molar-refractivity contribution in [3.63, 3.8) is 0 Å². The van der Waals surface area contributed by atoms with Crippen molar-refractivity contribution in [2.75, 3.05) is 53.0 Å². The van der Waals surface area contributed by atoms with Crippen molar-refractivity contribution < 1.29 is 9.53 Å². The molecule has 31 heavy (non-hydrogen) atoms. The lowest BCUT2D eigenvalue weighted by Gasteiger charge is -2.35. The SMILES string of the molecule is CCN(CC)C(=O)c1ccc(CNC(=NC)NCC(CC(C)C)N2CCOCC2)cc1. The van der Waals surface area contributed by atoms with Crippen LogP contribution in [0.3, 0.4) is 0 Å². The summed E-state index contributed by atoms with van der Waals surface area (Å²) in [5, 5.41) is 6.89. The van der Waals surface area contributed by atoms with Gasteiger partial charge in [-0.25, -0.2) is 0 Å². The first kappa shape index (κ1) is 25.1. The highest BCUT2D eigenvalue weighted by molar-refractivity contribution is 5.94. The van der Waals surface area contributed by atoms with E-state index >= 15 is 0 Å². The van der Waals surface area contributed by atoms with Crippen LogP contribution in [0.15, 0.2) is 29.3 Å². The zero-order chi connectivity index (χ0) is 22.6. The van der Waals surface area contributed by atoms with Crippen molar-refractivity contribution in [2.45, 2.75) is 46.7 Å². The Bertz CT molecular complexity index is 680. The summed E-state index contributed by atoms with van der Waals surface area (Å²) in [5.74, 6) is 1.52. The highest BCUT2D eigenvalue weighted by Crippen LogP contribution is 2.13. The molecule has 1 aliphatic rings. The Morgan fingerprint density at radius 3 is 2.32 bits per heavy atom. The summed E-state index contributed by atoms with van der Waals surface area (Å²) in [6.07, 6.45) is 1.14. The van der Waals surface area contributed by atoms with Gasteiger partial charge in [0.15, 0.2) is 5.96 Å². The van der Waals surface area contributed by atoms with E-state index < -0.39 is 0 Å². The van der Waals surface area contributed by atoms with E-state index in [1.165, 1.54) is 0 Å². The quantitative estimate of drug-likeness (QED) is 0.440. The molecule has 0 radical (unpaired) electrons. The van der Waals surface area contributed by atoms with Crippen molar-refractivity contribution in [1.29, 1.82) is 0 Å². The minimum atomic E-state index is 0.0845. The molecule has 1 atom stereocenters. The Morgan fingerprint density at radius 1 is 1.13 bits per heavy atom. The van der Waals surface area contributed by atoms with Crippen LogP contribution < -0.4 is 10.6 Å². The molecule has 1 amide bonds. The molecule has 1 unspecified atom stereocenters. The lowest BCUT2D eigenvalue weighted by atomic mass is 10.0. The van der Waals surface area contributed by atoms with Crippen LogP contribution in [0, 0.1) is 5.92 Å². The van der Waals surface area contributed by atoms with E-state index in [0.717, 1.165) is 69.4 Å². The molecule has 1 aromatic carbocycles. The number of morpholine rings is 1. The monoisotopic (exact) mass is 431 g/mol. The van der Waals surface area contributed by atoms with E-state index in [9.17, 15) is 4.79 Å². The van der Waals surface area contributed by atoms with Gasteiger partial charge in [0.1, 0.15) is 0 Å². The van der Waals surface area contributed by atoms with Crippen LogP contribution in [0.25, 0.3) is 0 Å². The number of ether oxygens (including phenoxy) is 1. The Kier molecular flexibility index (Phi) is 10.8. The van der Waals surface area contributed by atoms with Gasteiger partial charge in [-0.2, -0.15) is 0 Å². The van der Waals surface area contributed by atoms with Gasteiger partial charge < -0.3 is 20.3 Å². The predicted octanol–water partition coefficient (Wildman–Crippen LogP) is 2.58. The number of aliphatic imine (C=N–C) groups is 1. The topological polar surface area (TPSA) is 69.2 Å². The van der Waals surface area contributed by atoms with Crippen LogP contribution in [0.4, 0.5) is 0 Å². The Morgan fingerprint density at radius 2 is 1.77 bits per heavy atom. The van der Waals surface area contributed by atoms with Gasteiger partial charge in [0.05, 0.1) is 13.2 Å². The zero-order valence-electron chi connectivity index (χ0n) is 20.0. The standard InChI is InChI=1S/C24H41N5O2/c1-6-28(7-2)23(30)21-10-8-20(9-11-21)17-26-24(25-5)27-18-22(16-19(3)4)29-12-14-31-15-13-29/h8-11,19,22H,6-7,12-18H2,1-5H3,(H2,25,26,27). The van der Waals surface area contributed by atoms with Crippen molar-refractivity contribution in [2.24, 2.45) is 10.9 Å². The van der Waals surface area contributed by atoms with Crippen LogP contribution in [-0.2, 0) is 11.3 Å². The van der Waals surface area contributed by atoms with E-state index in [1.807, 2.05) is 43.0 Å². The molecular formula is C24H41N5O2. The van der Waals surface area contributed by atoms with Gasteiger partial charge in [-0.1, -0.05) is 26.0 Å². The fraction of sp³-hybridized carbons (Fsp3) is 0.667. The number of hydrogen-bond donors (Lipinski definition) is 2. The molecule has 7 heteroatoms. The Labute approximate surface area is 188 Å². The molecule has 1 fully saturated rings. The first-order valence-electron chi connectivity index (χ1n) is 11.6. The van der Waals surface area contributed by atoms with Crippen molar-refractivity contribution in [1.82, 2.24) is 20.4 Å². The van der Waals surface area contributed by atoms with Gasteiger partial charge >= 0.3 is 0 Å². The number of carbonyl (C=O) groups is 1. The van der Waals surface area contributed by atoms with Crippen molar-refractivity contribution in [3.05, 3.63) is 35.4 Å². The second kappa shape index (κ2) is 13.3. The number of hydrogen-bond acceptors (Lipinski definition) is 4. The molecule has 1 aliphatic heterocycles. The third kappa shape index (κ3) is 8.15. The molecule has 1 heterocycles. The zero-order valence-corrected chi connectivity index (χ0v) is 20.0. The first-order valence-corrected chi connectivity index (χ1v) is 11.6. The van der Waals surface area contributed by atoms with Gasteiger partial charge in [0.2, 0.25) is 0 Å². The largest absolute Gasteiger partial charge is 0.379 e. The normalized spacial score (nSPS) is 16.3. The van der Waals surface area contributed by atoms with Gasteiger partial charge in [-0.3, -0.25) is 14.7 Å². The minimum absolute atomic E-state index is 0.0845. The first-order chi connectivity index (χ1) is 15.0. The van der Waals surface area contributed by atoms with Crippen LogP contribution in [-0.4, -0.2) is 80.7 Å². The van der Waals surface area contributed by atoms with E-state index in [0.29, 0.717) is 18.5 Å². The third-order valence-corrected chi connectivity index (χ3v) is 5.75. The molecule has 0 saturated carbocycles. The number of nitrogens with zero attached hydrogens (tertiary/aromatic N) is 3. The van der Waals surface area contributed by atoms with Crippen LogP contribution in [0.5, 0.6) is 0 Å². The third-order valence-electron chi connectivity index (χ3n) is 5.75. The van der Waals surface area contributed by atoms with Crippen molar-refractivity contribution in [3.8, 4) is 0 Å². The number of guanidine groups is 1. The minimum Gasteiger partial charge on any atom is -0.379 e. The van der Waals surface area contributed by atoms with Gasteiger partial charge in [0, 0.05) is 57.9 Å². The van der Waals surface area contributed by atoms with E-state index in [-0.39, 0.29) is 5.91 Å². The maximum atomic E-state index is 12.5. The maximum Gasteiger partial charge on any atom is 0.253 e. The molecule has 0 spiro atoms. The number of carbonyl (C=O) groups excluding carboxylic acids is 1. The maximum absolute atomic E-state index is 12.5. The smallest absolute Gasteiger partial charge is 0.253 e. The predicted molar refractivity (Wildman–Crippen MR) is 128 cm³/mol. The number of rotatable bonds is 10. The molecule has 174 valence electrons. The molecule has 7 nitrogen and oxygen atoms in total. The lowest BCUT2D eigenvalue weighted by Crippen LogP contribution is -2.50. The number of benzene rings is 1. The fourth-order valence-corrected chi connectivity index (χ4v) is 3.93. The summed E-state index contributed by atoms with van der Waals surface area (Å²) in [7, 11) is 1.80. The molecule has 2 N–H and O–H groups in total. The highest BCUT2D eigenvalue weighted by Gasteiger charge is 2.22. The fourth-order valence-electron chi connectivity index (χ4n) is 3.93. The number of nitrogens with one attached hydrogen (secondary N) is 2. The van der Waals surface area contributed by atoms with Crippen LogP contribution in [0.2, 0.25) is 0 Å². The molecule has 0 bridgehead atoms. The van der Waals surface area contributed by atoms with E-state index in [2.05, 4.69) is 34.4 Å². The summed E-state index contributed by atoms with van der Waals surface area (Å²) in [5.41, 5.74) is 1.85. The average molecular weight is 432 g/mol. The van der Waals surface area contributed by atoms with Crippen LogP contribution >= 0.6 is 0 Å². The Hall–Kier alpha value is -2.12. The van der Waals surface area contributed by atoms with E-state index in [4.69, 9.17) is 4.74 Å². The Balaban J connectivity index is 1.87. The average Bonchev–Trinajstić information content (AvgIpc) is 2.79. The van der Waals surface area contributed by atoms with Crippen molar-refractivity contribution >= 4 is 11.9 Å².